The topological polar surface area (TPSA) is 75.7 Å². The zero-order valence-electron chi connectivity index (χ0n) is 17.2. The smallest absolute Gasteiger partial charge is 0.251 e. The number of piperidine rings is 1. The number of ether oxygens (including phenoxy) is 1. The number of rotatable bonds is 7. The maximum Gasteiger partial charge on any atom is 0.251 e. The molecule has 3 rings (SSSR count). The van der Waals surface area contributed by atoms with Crippen LogP contribution in [-0.2, 0) is 10.0 Å². The Bertz CT molecular complexity index is 987. The SMILES string of the molecule is CCOc1ccc(C(C)NC(=O)c2ccc(Cl)c(S(=O)(=O)N3CCCCC3)c2)cc1. The van der Waals surface area contributed by atoms with Crippen molar-refractivity contribution < 1.29 is 17.9 Å². The molecule has 1 aliphatic heterocycles. The summed E-state index contributed by atoms with van der Waals surface area (Å²) in [6.45, 7) is 5.33. The number of hydrogen-bond acceptors (Lipinski definition) is 4. The van der Waals surface area contributed by atoms with Crippen LogP contribution >= 0.6 is 11.6 Å². The number of nitrogens with zero attached hydrogens (tertiary/aromatic N) is 1. The molecule has 1 atom stereocenters. The van der Waals surface area contributed by atoms with Crippen LogP contribution in [0.15, 0.2) is 47.4 Å². The lowest BCUT2D eigenvalue weighted by Crippen LogP contribution is -2.36. The summed E-state index contributed by atoms with van der Waals surface area (Å²) in [5.74, 6) is 0.410. The van der Waals surface area contributed by atoms with Crippen molar-refractivity contribution in [2.75, 3.05) is 19.7 Å². The maximum absolute atomic E-state index is 13.0. The van der Waals surface area contributed by atoms with Gasteiger partial charge >= 0.3 is 0 Å². The van der Waals surface area contributed by atoms with Gasteiger partial charge in [0, 0.05) is 18.7 Å². The zero-order chi connectivity index (χ0) is 21.7. The van der Waals surface area contributed by atoms with Gasteiger partial charge in [-0.25, -0.2) is 8.42 Å². The molecule has 8 heteroatoms. The molecule has 1 aliphatic rings. The number of hydrogen-bond donors (Lipinski definition) is 1. The van der Waals surface area contributed by atoms with E-state index >= 15 is 0 Å². The minimum absolute atomic E-state index is 0.0209. The molecule has 0 aromatic heterocycles. The van der Waals surface area contributed by atoms with Crippen LogP contribution in [0.25, 0.3) is 0 Å². The summed E-state index contributed by atoms with van der Waals surface area (Å²) in [5, 5.41) is 3.03. The largest absolute Gasteiger partial charge is 0.494 e. The fraction of sp³-hybridized carbons (Fsp3) is 0.409. The highest BCUT2D eigenvalue weighted by atomic mass is 35.5. The van der Waals surface area contributed by atoms with E-state index in [-0.39, 0.29) is 27.4 Å². The summed E-state index contributed by atoms with van der Waals surface area (Å²) in [7, 11) is -3.73. The van der Waals surface area contributed by atoms with Crippen LogP contribution in [0.1, 0.15) is 55.1 Å². The third-order valence-electron chi connectivity index (χ3n) is 5.16. The summed E-state index contributed by atoms with van der Waals surface area (Å²) in [6.07, 6.45) is 2.68. The number of carbonyl (C=O) groups is 1. The standard InChI is InChI=1S/C22H27ClN2O4S/c1-3-29-19-10-7-17(8-11-19)16(2)24-22(26)18-9-12-20(23)21(15-18)30(27,28)25-13-5-4-6-14-25/h7-12,15-16H,3-6,13-14H2,1-2H3,(H,24,26). The summed E-state index contributed by atoms with van der Waals surface area (Å²) in [6, 6.07) is 11.6. The van der Waals surface area contributed by atoms with Gasteiger partial charge in [-0.2, -0.15) is 4.31 Å². The summed E-state index contributed by atoms with van der Waals surface area (Å²) < 4.78 is 32.9. The molecule has 2 aromatic rings. The van der Waals surface area contributed by atoms with Crippen LogP contribution in [0.2, 0.25) is 5.02 Å². The Labute approximate surface area is 183 Å². The Balaban J connectivity index is 1.77. The van der Waals surface area contributed by atoms with Gasteiger partial charge in [0.2, 0.25) is 10.0 Å². The molecule has 0 aliphatic carbocycles. The zero-order valence-corrected chi connectivity index (χ0v) is 18.8. The molecule has 0 radical (unpaired) electrons. The highest BCUT2D eigenvalue weighted by Gasteiger charge is 2.29. The fourth-order valence-electron chi connectivity index (χ4n) is 3.47. The van der Waals surface area contributed by atoms with Gasteiger partial charge < -0.3 is 10.1 Å². The van der Waals surface area contributed by atoms with Gasteiger partial charge in [0.1, 0.15) is 10.6 Å². The molecule has 0 saturated carbocycles. The van der Waals surface area contributed by atoms with Gasteiger partial charge in [0.05, 0.1) is 17.7 Å². The van der Waals surface area contributed by atoms with Gasteiger partial charge in [-0.1, -0.05) is 30.2 Å². The van der Waals surface area contributed by atoms with Crippen molar-refractivity contribution in [1.82, 2.24) is 9.62 Å². The molecule has 1 N–H and O–H groups in total. The second kappa shape index (κ2) is 9.81. The van der Waals surface area contributed by atoms with E-state index in [1.54, 1.807) is 0 Å². The highest BCUT2D eigenvalue weighted by Crippen LogP contribution is 2.28. The second-order valence-electron chi connectivity index (χ2n) is 7.31. The van der Waals surface area contributed by atoms with Gasteiger partial charge in [0.15, 0.2) is 0 Å². The lowest BCUT2D eigenvalue weighted by molar-refractivity contribution is 0.0939. The Morgan fingerprint density at radius 2 is 1.80 bits per heavy atom. The first-order chi connectivity index (χ1) is 14.3. The van der Waals surface area contributed by atoms with Crippen LogP contribution in [-0.4, -0.2) is 38.3 Å². The van der Waals surface area contributed by atoms with Gasteiger partial charge in [-0.05, 0) is 62.6 Å². The van der Waals surface area contributed by atoms with E-state index in [0.29, 0.717) is 19.7 Å². The molecule has 6 nitrogen and oxygen atoms in total. The fourth-order valence-corrected chi connectivity index (χ4v) is 5.49. The van der Waals surface area contributed by atoms with Crippen molar-refractivity contribution >= 4 is 27.5 Å². The van der Waals surface area contributed by atoms with Crippen molar-refractivity contribution in [3.8, 4) is 5.75 Å². The number of sulfonamides is 1. The molecule has 1 fully saturated rings. The quantitative estimate of drug-likeness (QED) is 0.678. The normalized spacial score (nSPS) is 16.1. The summed E-state index contributed by atoms with van der Waals surface area (Å²) in [4.78, 5) is 12.8. The second-order valence-corrected chi connectivity index (χ2v) is 9.62. The van der Waals surface area contributed by atoms with Crippen LogP contribution in [0.5, 0.6) is 5.75 Å². The molecule has 0 bridgehead atoms. The van der Waals surface area contributed by atoms with Crippen molar-refractivity contribution in [3.05, 3.63) is 58.6 Å². The number of nitrogens with one attached hydrogen (secondary N) is 1. The van der Waals surface area contributed by atoms with E-state index in [1.165, 1.54) is 22.5 Å². The first-order valence-corrected chi connectivity index (χ1v) is 12.0. The van der Waals surface area contributed by atoms with Crippen LogP contribution in [0.3, 0.4) is 0 Å². The molecule has 1 heterocycles. The number of benzene rings is 2. The van der Waals surface area contributed by atoms with Crippen molar-refractivity contribution in [1.29, 1.82) is 0 Å². The lowest BCUT2D eigenvalue weighted by atomic mass is 10.1. The van der Waals surface area contributed by atoms with Crippen molar-refractivity contribution in [2.45, 2.75) is 44.0 Å². The molecular formula is C22H27ClN2O4S. The van der Waals surface area contributed by atoms with E-state index in [2.05, 4.69) is 5.32 Å². The monoisotopic (exact) mass is 450 g/mol. The van der Waals surface area contributed by atoms with Crippen LogP contribution in [0.4, 0.5) is 0 Å². The van der Waals surface area contributed by atoms with E-state index in [9.17, 15) is 13.2 Å². The van der Waals surface area contributed by atoms with Crippen molar-refractivity contribution in [3.63, 3.8) is 0 Å². The van der Waals surface area contributed by atoms with E-state index < -0.39 is 10.0 Å². The molecular weight excluding hydrogens is 424 g/mol. The molecule has 30 heavy (non-hydrogen) atoms. The van der Waals surface area contributed by atoms with Gasteiger partial charge in [-0.3, -0.25) is 4.79 Å². The third-order valence-corrected chi connectivity index (χ3v) is 7.55. The number of amides is 1. The number of halogens is 1. The molecule has 0 spiro atoms. The first-order valence-electron chi connectivity index (χ1n) is 10.2. The van der Waals surface area contributed by atoms with Crippen LogP contribution < -0.4 is 10.1 Å². The van der Waals surface area contributed by atoms with Crippen molar-refractivity contribution in [2.24, 2.45) is 0 Å². The Hall–Kier alpha value is -2.09. The molecule has 1 amide bonds. The summed E-state index contributed by atoms with van der Waals surface area (Å²) in [5.41, 5.74) is 1.18. The lowest BCUT2D eigenvalue weighted by Gasteiger charge is -2.26. The first kappa shape index (κ1) is 22.6. The highest BCUT2D eigenvalue weighted by molar-refractivity contribution is 7.89. The van der Waals surface area contributed by atoms with E-state index in [4.69, 9.17) is 16.3 Å². The molecule has 1 unspecified atom stereocenters. The number of carbonyl (C=O) groups excluding carboxylic acids is 1. The van der Waals surface area contributed by atoms with Gasteiger partial charge in [-0.15, -0.1) is 0 Å². The average Bonchev–Trinajstić information content (AvgIpc) is 2.75. The molecule has 162 valence electrons. The Kier molecular flexibility index (Phi) is 7.39. The van der Waals surface area contributed by atoms with Gasteiger partial charge in [0.25, 0.3) is 5.91 Å². The molecule has 1 saturated heterocycles. The average molecular weight is 451 g/mol. The van der Waals surface area contributed by atoms with E-state index in [1.807, 2.05) is 38.1 Å². The summed E-state index contributed by atoms with van der Waals surface area (Å²) >= 11 is 6.20. The predicted octanol–water partition coefficient (Wildman–Crippen LogP) is 4.40. The third kappa shape index (κ3) is 5.14. The maximum atomic E-state index is 13.0. The Morgan fingerprint density at radius 3 is 2.43 bits per heavy atom. The molecule has 2 aromatic carbocycles. The predicted molar refractivity (Wildman–Crippen MR) is 118 cm³/mol. The minimum Gasteiger partial charge on any atom is -0.494 e. The van der Waals surface area contributed by atoms with E-state index in [0.717, 1.165) is 30.6 Å². The Morgan fingerprint density at radius 1 is 1.13 bits per heavy atom. The van der Waals surface area contributed by atoms with Crippen LogP contribution in [0, 0.1) is 0 Å². The minimum atomic E-state index is -3.73.